The number of hydrogen-bond donors (Lipinski definition) is 0. The molecule has 0 aromatic heterocycles. The molecule has 1 heterocycles. The predicted molar refractivity (Wildman–Crippen MR) is 55.6 cm³/mol. The van der Waals surface area contributed by atoms with Gasteiger partial charge in [-0.05, 0) is 19.3 Å². The molecule has 1 rings (SSSR count). The van der Waals surface area contributed by atoms with E-state index in [-0.39, 0.29) is 7.12 Å². The van der Waals surface area contributed by atoms with Crippen LogP contribution in [0.15, 0.2) is 12.1 Å². The van der Waals surface area contributed by atoms with Crippen molar-refractivity contribution in [1.29, 1.82) is 0 Å². The fourth-order valence-electron chi connectivity index (χ4n) is 1.34. The summed E-state index contributed by atoms with van der Waals surface area (Å²) in [6.45, 7) is 3.89. The minimum Gasteiger partial charge on any atom is -0.408 e. The van der Waals surface area contributed by atoms with E-state index in [1.807, 2.05) is 5.98 Å². The molecule has 1 saturated heterocycles. The van der Waals surface area contributed by atoms with Gasteiger partial charge in [-0.1, -0.05) is 31.8 Å². The molecule has 1 aliphatic heterocycles. The second-order valence-electron chi connectivity index (χ2n) is 3.39. The fraction of sp³-hybridized carbons (Fsp3) is 0.800. The van der Waals surface area contributed by atoms with Crippen molar-refractivity contribution in [2.75, 3.05) is 13.2 Å². The molecule has 0 aromatic rings. The van der Waals surface area contributed by atoms with E-state index in [2.05, 4.69) is 13.0 Å². The van der Waals surface area contributed by atoms with Gasteiger partial charge >= 0.3 is 7.12 Å². The van der Waals surface area contributed by atoms with E-state index < -0.39 is 0 Å². The van der Waals surface area contributed by atoms with Crippen molar-refractivity contribution >= 4 is 7.12 Å². The lowest BCUT2D eigenvalue weighted by atomic mass is 9.88. The first-order valence-corrected chi connectivity index (χ1v) is 5.33. The molecule has 2 nitrogen and oxygen atoms in total. The first-order valence-electron chi connectivity index (χ1n) is 5.33. The Kier molecular flexibility index (Phi) is 5.95. The zero-order chi connectivity index (χ0) is 9.36. The Morgan fingerprint density at radius 1 is 1.23 bits per heavy atom. The highest BCUT2D eigenvalue weighted by Gasteiger charge is 2.17. The van der Waals surface area contributed by atoms with Crippen LogP contribution in [0.5, 0.6) is 0 Å². The largest absolute Gasteiger partial charge is 0.485 e. The summed E-state index contributed by atoms with van der Waals surface area (Å²) in [6, 6.07) is 0. The highest BCUT2D eigenvalue weighted by atomic mass is 16.6. The van der Waals surface area contributed by atoms with Crippen LogP contribution < -0.4 is 0 Å². The SMILES string of the molecule is CCCCC/C=C/B1OCCCO1. The lowest BCUT2D eigenvalue weighted by Gasteiger charge is -2.16. The molecule has 1 aliphatic rings. The van der Waals surface area contributed by atoms with Crippen LogP contribution >= 0.6 is 0 Å². The van der Waals surface area contributed by atoms with Gasteiger partial charge in [0.1, 0.15) is 0 Å². The summed E-state index contributed by atoms with van der Waals surface area (Å²) in [6.07, 6.45) is 8.23. The summed E-state index contributed by atoms with van der Waals surface area (Å²) in [5.74, 6) is 2.04. The molecule has 0 amide bonds. The van der Waals surface area contributed by atoms with E-state index in [9.17, 15) is 0 Å². The van der Waals surface area contributed by atoms with Gasteiger partial charge in [0.25, 0.3) is 0 Å². The van der Waals surface area contributed by atoms with Crippen LogP contribution in [0.4, 0.5) is 0 Å². The Bertz CT molecular complexity index is 142. The van der Waals surface area contributed by atoms with E-state index in [0.29, 0.717) is 0 Å². The number of allylic oxidation sites excluding steroid dienone is 1. The van der Waals surface area contributed by atoms with Crippen molar-refractivity contribution < 1.29 is 9.31 Å². The van der Waals surface area contributed by atoms with Gasteiger partial charge in [0.15, 0.2) is 0 Å². The maximum atomic E-state index is 5.38. The van der Waals surface area contributed by atoms with E-state index >= 15 is 0 Å². The molecule has 3 heteroatoms. The summed E-state index contributed by atoms with van der Waals surface area (Å²) < 4.78 is 10.8. The topological polar surface area (TPSA) is 18.5 Å². The zero-order valence-corrected chi connectivity index (χ0v) is 8.50. The normalized spacial score (nSPS) is 18.4. The molecule has 0 spiro atoms. The van der Waals surface area contributed by atoms with E-state index in [1.54, 1.807) is 0 Å². The summed E-state index contributed by atoms with van der Waals surface area (Å²) >= 11 is 0. The van der Waals surface area contributed by atoms with Gasteiger partial charge in [0.05, 0.1) is 0 Å². The molecule has 1 fully saturated rings. The lowest BCUT2D eigenvalue weighted by Crippen LogP contribution is -2.27. The molecule has 0 unspecified atom stereocenters. The second kappa shape index (κ2) is 7.16. The Hall–Kier alpha value is -0.275. The van der Waals surface area contributed by atoms with Crippen molar-refractivity contribution in [2.24, 2.45) is 0 Å². The Morgan fingerprint density at radius 2 is 2.00 bits per heavy atom. The molecule has 0 aromatic carbocycles. The van der Waals surface area contributed by atoms with Crippen LogP contribution in [-0.2, 0) is 9.31 Å². The maximum absolute atomic E-state index is 5.38. The van der Waals surface area contributed by atoms with Crippen LogP contribution in [0.3, 0.4) is 0 Å². The highest BCUT2D eigenvalue weighted by molar-refractivity contribution is 6.50. The third-order valence-electron chi connectivity index (χ3n) is 2.12. The second-order valence-corrected chi connectivity index (χ2v) is 3.39. The molecule has 0 N–H and O–H groups in total. The minimum absolute atomic E-state index is 0.0737. The maximum Gasteiger partial charge on any atom is 0.485 e. The van der Waals surface area contributed by atoms with Crippen LogP contribution in [0.25, 0.3) is 0 Å². The number of rotatable bonds is 5. The summed E-state index contributed by atoms with van der Waals surface area (Å²) in [4.78, 5) is 0. The Morgan fingerprint density at radius 3 is 2.69 bits per heavy atom. The molecule has 0 aliphatic carbocycles. The third-order valence-corrected chi connectivity index (χ3v) is 2.12. The van der Waals surface area contributed by atoms with Crippen molar-refractivity contribution in [1.82, 2.24) is 0 Å². The van der Waals surface area contributed by atoms with E-state index in [4.69, 9.17) is 9.31 Å². The van der Waals surface area contributed by atoms with E-state index in [1.165, 1.54) is 19.3 Å². The van der Waals surface area contributed by atoms with Gasteiger partial charge in [-0.25, -0.2) is 0 Å². The standard InChI is InChI=1S/C10H19BO2/c1-2-3-4-5-6-8-11-12-9-7-10-13-11/h6,8H,2-5,7,9-10H2,1H3/b8-6+. The number of hydrogen-bond acceptors (Lipinski definition) is 2. The van der Waals surface area contributed by atoms with Crippen LogP contribution in [-0.4, -0.2) is 20.3 Å². The molecular formula is C10H19BO2. The van der Waals surface area contributed by atoms with Gasteiger partial charge in [-0.15, -0.1) is 0 Å². The van der Waals surface area contributed by atoms with Gasteiger partial charge < -0.3 is 9.31 Å². The summed E-state index contributed by atoms with van der Waals surface area (Å²) in [7, 11) is -0.0737. The molecule has 0 radical (unpaired) electrons. The minimum atomic E-state index is -0.0737. The molecule has 74 valence electrons. The first-order chi connectivity index (χ1) is 6.43. The van der Waals surface area contributed by atoms with Crippen LogP contribution in [0.2, 0.25) is 0 Å². The predicted octanol–water partition coefficient (Wildman–Crippen LogP) is 2.59. The zero-order valence-electron chi connectivity index (χ0n) is 8.50. The summed E-state index contributed by atoms with van der Waals surface area (Å²) in [5.41, 5.74) is 0. The molecule has 0 bridgehead atoms. The van der Waals surface area contributed by atoms with Gasteiger partial charge in [0, 0.05) is 13.2 Å². The smallest absolute Gasteiger partial charge is 0.408 e. The summed E-state index contributed by atoms with van der Waals surface area (Å²) in [5, 5.41) is 0. The monoisotopic (exact) mass is 182 g/mol. The molecule has 0 atom stereocenters. The van der Waals surface area contributed by atoms with Gasteiger partial charge in [-0.2, -0.15) is 0 Å². The van der Waals surface area contributed by atoms with Crippen molar-refractivity contribution in [3.05, 3.63) is 12.1 Å². The quantitative estimate of drug-likeness (QED) is 0.480. The van der Waals surface area contributed by atoms with Crippen LogP contribution in [0, 0.1) is 0 Å². The molecule has 13 heavy (non-hydrogen) atoms. The Balaban J connectivity index is 2.01. The molecular weight excluding hydrogens is 163 g/mol. The Labute approximate surface area is 81.4 Å². The van der Waals surface area contributed by atoms with Gasteiger partial charge in [-0.3, -0.25) is 0 Å². The first kappa shape index (κ1) is 10.8. The van der Waals surface area contributed by atoms with Crippen molar-refractivity contribution in [3.63, 3.8) is 0 Å². The van der Waals surface area contributed by atoms with E-state index in [0.717, 1.165) is 26.1 Å². The molecule has 0 saturated carbocycles. The fourth-order valence-corrected chi connectivity index (χ4v) is 1.34. The highest BCUT2D eigenvalue weighted by Crippen LogP contribution is 2.04. The number of unbranched alkanes of at least 4 members (excludes halogenated alkanes) is 3. The average molecular weight is 182 g/mol. The van der Waals surface area contributed by atoms with Crippen LogP contribution in [0.1, 0.15) is 39.0 Å². The third kappa shape index (κ3) is 5.11. The van der Waals surface area contributed by atoms with Crippen molar-refractivity contribution in [2.45, 2.75) is 39.0 Å². The lowest BCUT2D eigenvalue weighted by molar-refractivity contribution is 0.142. The average Bonchev–Trinajstić information content (AvgIpc) is 2.19. The van der Waals surface area contributed by atoms with Crippen molar-refractivity contribution in [3.8, 4) is 0 Å². The van der Waals surface area contributed by atoms with Gasteiger partial charge in [0.2, 0.25) is 0 Å².